The molecule has 2 N–H and O–H groups in total. The van der Waals surface area contributed by atoms with Crippen molar-refractivity contribution in [1.82, 2.24) is 9.62 Å². The Morgan fingerprint density at radius 2 is 2.14 bits per heavy atom. The second-order valence-corrected chi connectivity index (χ2v) is 6.63. The molecule has 1 heterocycles. The Morgan fingerprint density at radius 1 is 1.48 bits per heavy atom. The molecule has 1 unspecified atom stereocenters. The van der Waals surface area contributed by atoms with Gasteiger partial charge in [-0.15, -0.1) is 0 Å². The summed E-state index contributed by atoms with van der Waals surface area (Å²) < 4.78 is 34.7. The molecule has 1 aromatic heterocycles. The first-order valence-electron chi connectivity index (χ1n) is 6.26. The highest BCUT2D eigenvalue weighted by Crippen LogP contribution is 2.17. The molecule has 0 aliphatic rings. The van der Waals surface area contributed by atoms with Gasteiger partial charge in [-0.25, -0.2) is 12.7 Å². The molecule has 120 valence electrons. The summed E-state index contributed by atoms with van der Waals surface area (Å²) in [5, 5.41) is 11.2. The summed E-state index contributed by atoms with van der Waals surface area (Å²) in [5.74, 6) is -0.680. The number of nitrogens with zero attached hydrogens (tertiary/aromatic N) is 1. The Hall–Kier alpha value is -1.42. The number of amides is 1. The van der Waals surface area contributed by atoms with Crippen molar-refractivity contribution in [2.24, 2.45) is 0 Å². The lowest BCUT2D eigenvalue weighted by Gasteiger charge is -2.15. The maximum Gasteiger partial charge on any atom is 0.287 e. The number of nitrogens with one attached hydrogen (secondary N) is 1. The monoisotopic (exact) mass is 320 g/mol. The Kier molecular flexibility index (Phi) is 6.34. The van der Waals surface area contributed by atoms with E-state index in [9.17, 15) is 13.2 Å². The molecule has 8 nitrogen and oxygen atoms in total. The number of aliphatic hydroxyl groups excluding tert-OH is 1. The molecule has 0 aromatic carbocycles. The third-order valence-electron chi connectivity index (χ3n) is 2.72. The minimum absolute atomic E-state index is 0.104. The minimum Gasteiger partial charge on any atom is -0.438 e. The van der Waals surface area contributed by atoms with Crippen LogP contribution in [0.15, 0.2) is 21.6 Å². The van der Waals surface area contributed by atoms with E-state index in [-0.39, 0.29) is 30.1 Å². The largest absolute Gasteiger partial charge is 0.438 e. The van der Waals surface area contributed by atoms with Gasteiger partial charge in [0.1, 0.15) is 0 Å². The average Bonchev–Trinajstić information content (AvgIpc) is 2.89. The molecule has 9 heteroatoms. The van der Waals surface area contributed by atoms with Gasteiger partial charge in [0.2, 0.25) is 5.09 Å². The maximum atomic E-state index is 12.0. The number of hydrogen-bond acceptors (Lipinski definition) is 6. The number of aliphatic hydroxyl groups is 1. The molecule has 0 saturated carbocycles. The van der Waals surface area contributed by atoms with Crippen molar-refractivity contribution in [2.75, 3.05) is 34.4 Å². The van der Waals surface area contributed by atoms with Crippen molar-refractivity contribution in [2.45, 2.75) is 17.6 Å². The van der Waals surface area contributed by atoms with Crippen LogP contribution in [0.5, 0.6) is 0 Å². The van der Waals surface area contributed by atoms with Crippen LogP contribution in [-0.2, 0) is 14.8 Å². The van der Waals surface area contributed by atoms with Crippen LogP contribution in [-0.4, -0.2) is 64.2 Å². The van der Waals surface area contributed by atoms with E-state index in [1.807, 2.05) is 0 Å². The maximum absolute atomic E-state index is 12.0. The van der Waals surface area contributed by atoms with E-state index in [0.717, 1.165) is 4.31 Å². The second kappa shape index (κ2) is 7.55. The van der Waals surface area contributed by atoms with Crippen molar-refractivity contribution in [3.63, 3.8) is 0 Å². The molecule has 1 amide bonds. The highest BCUT2D eigenvalue weighted by Gasteiger charge is 2.24. The first-order chi connectivity index (χ1) is 9.82. The van der Waals surface area contributed by atoms with Crippen LogP contribution in [0.4, 0.5) is 0 Å². The Balaban J connectivity index is 2.83. The van der Waals surface area contributed by atoms with Crippen LogP contribution in [0.25, 0.3) is 0 Å². The quantitative estimate of drug-likeness (QED) is 0.678. The van der Waals surface area contributed by atoms with Gasteiger partial charge < -0.3 is 19.6 Å². The van der Waals surface area contributed by atoms with Crippen LogP contribution in [0.2, 0.25) is 0 Å². The molecule has 0 aliphatic heterocycles. The van der Waals surface area contributed by atoms with Gasteiger partial charge in [0.15, 0.2) is 5.76 Å². The van der Waals surface area contributed by atoms with Crippen molar-refractivity contribution < 1.29 is 27.5 Å². The standard InChI is InChI=1S/C12H20N2O6S/c1-14(2)21(17,18)11-5-4-10(20-11)12(16)13-9(6-7-15)8-19-3/h4-5,9,15H,6-8H2,1-3H3,(H,13,16). The normalized spacial score (nSPS) is 13.4. The van der Waals surface area contributed by atoms with E-state index in [4.69, 9.17) is 14.3 Å². The molecular formula is C12H20N2O6S. The topological polar surface area (TPSA) is 109 Å². The molecule has 0 saturated heterocycles. The van der Waals surface area contributed by atoms with Crippen molar-refractivity contribution in [3.8, 4) is 0 Å². The lowest BCUT2D eigenvalue weighted by Crippen LogP contribution is -2.38. The lowest BCUT2D eigenvalue weighted by molar-refractivity contribution is 0.0846. The number of methoxy groups -OCH3 is 1. The molecule has 21 heavy (non-hydrogen) atoms. The third-order valence-corrected chi connectivity index (χ3v) is 4.41. The smallest absolute Gasteiger partial charge is 0.287 e. The molecular weight excluding hydrogens is 300 g/mol. The van der Waals surface area contributed by atoms with Gasteiger partial charge in [-0.05, 0) is 18.6 Å². The zero-order valence-corrected chi connectivity index (χ0v) is 13.0. The Morgan fingerprint density at radius 3 is 2.67 bits per heavy atom. The van der Waals surface area contributed by atoms with Crippen molar-refractivity contribution in [1.29, 1.82) is 0 Å². The van der Waals surface area contributed by atoms with Gasteiger partial charge in [0.05, 0.1) is 12.6 Å². The molecule has 1 rings (SSSR count). The van der Waals surface area contributed by atoms with Gasteiger partial charge in [0.25, 0.3) is 15.9 Å². The number of carbonyl (C=O) groups is 1. The summed E-state index contributed by atoms with van der Waals surface area (Å²) in [7, 11) is 0.498. The number of rotatable bonds is 8. The van der Waals surface area contributed by atoms with E-state index in [1.165, 1.54) is 33.3 Å². The highest BCUT2D eigenvalue weighted by atomic mass is 32.2. The van der Waals surface area contributed by atoms with Gasteiger partial charge in [-0.3, -0.25) is 4.79 Å². The van der Waals surface area contributed by atoms with E-state index < -0.39 is 15.9 Å². The fourth-order valence-electron chi connectivity index (χ4n) is 1.57. The van der Waals surface area contributed by atoms with E-state index in [2.05, 4.69) is 5.32 Å². The van der Waals surface area contributed by atoms with Crippen LogP contribution < -0.4 is 5.32 Å². The minimum atomic E-state index is -3.72. The van der Waals surface area contributed by atoms with Crippen LogP contribution in [0.3, 0.4) is 0 Å². The number of hydrogen-bond donors (Lipinski definition) is 2. The first-order valence-corrected chi connectivity index (χ1v) is 7.70. The number of ether oxygens (including phenoxy) is 1. The molecule has 0 radical (unpaired) electrons. The lowest BCUT2D eigenvalue weighted by atomic mass is 10.2. The summed E-state index contributed by atoms with van der Waals surface area (Å²) in [6.45, 7) is 0.128. The van der Waals surface area contributed by atoms with Crippen LogP contribution >= 0.6 is 0 Å². The zero-order valence-electron chi connectivity index (χ0n) is 12.2. The molecule has 1 aromatic rings. The molecule has 0 bridgehead atoms. The third kappa shape index (κ3) is 4.53. The van der Waals surface area contributed by atoms with Gasteiger partial charge in [-0.2, -0.15) is 0 Å². The number of carbonyl (C=O) groups excluding carboxylic acids is 1. The Bertz CT molecular complexity index is 560. The summed E-state index contributed by atoms with van der Waals surface area (Å²) in [5.41, 5.74) is 0. The SMILES string of the molecule is COCC(CCO)NC(=O)c1ccc(S(=O)(=O)N(C)C)o1. The van der Waals surface area contributed by atoms with Gasteiger partial charge in [-0.1, -0.05) is 0 Å². The molecule has 0 fully saturated rings. The first kappa shape index (κ1) is 17.6. The van der Waals surface area contributed by atoms with Gasteiger partial charge >= 0.3 is 0 Å². The summed E-state index contributed by atoms with van der Waals surface area (Å²) >= 11 is 0. The van der Waals surface area contributed by atoms with Crippen molar-refractivity contribution >= 4 is 15.9 Å². The van der Waals surface area contributed by atoms with Crippen LogP contribution in [0.1, 0.15) is 17.0 Å². The average molecular weight is 320 g/mol. The Labute approximate surface area is 123 Å². The fraction of sp³-hybridized carbons (Fsp3) is 0.583. The van der Waals surface area contributed by atoms with Gasteiger partial charge in [0, 0.05) is 27.8 Å². The predicted octanol–water partition coefficient (Wildman–Crippen LogP) is -0.343. The molecule has 0 aliphatic carbocycles. The second-order valence-electron chi connectivity index (χ2n) is 4.54. The van der Waals surface area contributed by atoms with Crippen molar-refractivity contribution in [3.05, 3.63) is 17.9 Å². The zero-order chi connectivity index (χ0) is 16.0. The highest BCUT2D eigenvalue weighted by molar-refractivity contribution is 7.88. The van der Waals surface area contributed by atoms with E-state index >= 15 is 0 Å². The summed E-state index contributed by atoms with van der Waals surface area (Å²) in [4.78, 5) is 12.0. The molecule has 1 atom stereocenters. The van der Waals surface area contributed by atoms with Crippen LogP contribution in [0, 0.1) is 0 Å². The summed E-state index contributed by atoms with van der Waals surface area (Å²) in [6, 6.07) is 2.13. The summed E-state index contributed by atoms with van der Waals surface area (Å²) in [6.07, 6.45) is 0.323. The number of sulfonamides is 1. The fourth-order valence-corrected chi connectivity index (χ4v) is 2.37. The number of furan rings is 1. The van der Waals surface area contributed by atoms with E-state index in [0.29, 0.717) is 6.42 Å². The molecule has 0 spiro atoms. The van der Waals surface area contributed by atoms with E-state index in [1.54, 1.807) is 0 Å². The predicted molar refractivity (Wildman–Crippen MR) is 74.4 cm³/mol.